The summed E-state index contributed by atoms with van der Waals surface area (Å²) >= 11 is 4.99. The lowest BCUT2D eigenvalue weighted by Crippen LogP contribution is -2.09. The Balaban J connectivity index is 1.68. The van der Waals surface area contributed by atoms with Crippen LogP contribution >= 0.6 is 27.3 Å². The molecule has 6 nitrogen and oxygen atoms in total. The average Bonchev–Trinajstić information content (AvgIpc) is 3.15. The largest absolute Gasteiger partial charge is 0.290 e. The van der Waals surface area contributed by atoms with E-state index in [2.05, 4.69) is 41.4 Å². The third-order valence-corrected chi connectivity index (χ3v) is 4.37. The number of thiazole rings is 1. The van der Waals surface area contributed by atoms with Gasteiger partial charge in [0.25, 0.3) is 5.91 Å². The van der Waals surface area contributed by atoms with E-state index >= 15 is 0 Å². The predicted molar refractivity (Wildman–Crippen MR) is 94.0 cm³/mol. The molecule has 0 saturated heterocycles. The highest BCUT2D eigenvalue weighted by Gasteiger charge is 2.09. The second-order valence-electron chi connectivity index (χ2n) is 4.60. The smallest absolute Gasteiger partial charge is 0.250 e. The number of nitrogens with one attached hydrogen (secondary N) is 2. The van der Waals surface area contributed by atoms with Crippen LogP contribution in [0, 0.1) is 6.92 Å². The van der Waals surface area contributed by atoms with Gasteiger partial charge in [0.15, 0.2) is 5.82 Å². The van der Waals surface area contributed by atoms with Gasteiger partial charge in [-0.15, -0.1) is 16.4 Å². The van der Waals surface area contributed by atoms with Gasteiger partial charge in [0.2, 0.25) is 5.95 Å². The quantitative estimate of drug-likeness (QED) is 0.666. The van der Waals surface area contributed by atoms with Crippen molar-refractivity contribution < 1.29 is 4.79 Å². The van der Waals surface area contributed by atoms with Crippen LogP contribution in [0.1, 0.15) is 10.7 Å². The fraction of sp³-hybridized carbons (Fsp3) is 0.0667. The second kappa shape index (κ2) is 6.84. The van der Waals surface area contributed by atoms with E-state index in [9.17, 15) is 4.79 Å². The standard InChI is InChI=1S/C15H12BrN5OS/c1-9-17-10(8-23-9)6-7-13(22)18-15-19-14(20-21-15)11-4-2-3-5-12(11)16/h2-8H,1H3,(H2,18,19,20,21,22). The van der Waals surface area contributed by atoms with Crippen molar-refractivity contribution in [2.75, 3.05) is 5.32 Å². The van der Waals surface area contributed by atoms with Crippen LogP contribution in [-0.4, -0.2) is 26.1 Å². The van der Waals surface area contributed by atoms with Crippen molar-refractivity contribution in [1.82, 2.24) is 20.2 Å². The number of hydrogen-bond acceptors (Lipinski definition) is 5. The van der Waals surface area contributed by atoms with E-state index in [1.807, 2.05) is 36.6 Å². The molecule has 3 aromatic rings. The number of benzene rings is 1. The molecule has 3 rings (SSSR count). The molecule has 0 bridgehead atoms. The molecule has 1 aromatic carbocycles. The molecule has 0 spiro atoms. The third kappa shape index (κ3) is 3.91. The lowest BCUT2D eigenvalue weighted by atomic mass is 10.2. The summed E-state index contributed by atoms with van der Waals surface area (Å²) in [6.45, 7) is 1.92. The molecule has 0 fully saturated rings. The Morgan fingerprint density at radius 1 is 1.35 bits per heavy atom. The van der Waals surface area contributed by atoms with Crippen LogP contribution in [0.5, 0.6) is 0 Å². The zero-order valence-corrected chi connectivity index (χ0v) is 14.5. The molecule has 0 unspecified atom stereocenters. The first-order valence-corrected chi connectivity index (χ1v) is 8.37. The summed E-state index contributed by atoms with van der Waals surface area (Å²) in [6, 6.07) is 7.63. The van der Waals surface area contributed by atoms with Crippen molar-refractivity contribution in [3.8, 4) is 11.4 Å². The number of hydrogen-bond donors (Lipinski definition) is 2. The van der Waals surface area contributed by atoms with Crippen molar-refractivity contribution in [3.05, 3.63) is 50.9 Å². The molecule has 0 aliphatic rings. The lowest BCUT2D eigenvalue weighted by molar-refractivity contribution is -0.111. The fourth-order valence-corrected chi connectivity index (χ4v) is 2.91. The maximum absolute atomic E-state index is 11.9. The van der Waals surface area contributed by atoms with Gasteiger partial charge in [0, 0.05) is 21.5 Å². The Hall–Kier alpha value is -2.32. The van der Waals surface area contributed by atoms with Gasteiger partial charge in [-0.1, -0.05) is 34.1 Å². The van der Waals surface area contributed by atoms with Gasteiger partial charge in [-0.3, -0.25) is 15.2 Å². The number of H-pyrrole nitrogens is 1. The number of aromatic amines is 1. The lowest BCUT2D eigenvalue weighted by Gasteiger charge is -1.98. The molecule has 2 heterocycles. The number of carbonyl (C=O) groups is 1. The van der Waals surface area contributed by atoms with Gasteiger partial charge in [0.05, 0.1) is 10.7 Å². The first-order chi connectivity index (χ1) is 11.1. The molecule has 8 heteroatoms. The molecule has 0 saturated carbocycles. The van der Waals surface area contributed by atoms with Gasteiger partial charge in [-0.2, -0.15) is 4.98 Å². The third-order valence-electron chi connectivity index (χ3n) is 2.89. The summed E-state index contributed by atoms with van der Waals surface area (Å²) in [5.41, 5.74) is 1.63. The Morgan fingerprint density at radius 3 is 2.91 bits per heavy atom. The zero-order valence-electron chi connectivity index (χ0n) is 12.1. The van der Waals surface area contributed by atoms with Crippen LogP contribution < -0.4 is 5.32 Å². The van der Waals surface area contributed by atoms with Crippen molar-refractivity contribution in [1.29, 1.82) is 0 Å². The molecule has 2 N–H and O–H groups in total. The number of anilines is 1. The molecule has 0 atom stereocenters. The zero-order chi connectivity index (χ0) is 16.2. The molecule has 0 aliphatic carbocycles. The molecule has 23 heavy (non-hydrogen) atoms. The van der Waals surface area contributed by atoms with E-state index in [1.54, 1.807) is 6.08 Å². The highest BCUT2D eigenvalue weighted by Crippen LogP contribution is 2.25. The van der Waals surface area contributed by atoms with Crippen LogP contribution in [0.4, 0.5) is 5.95 Å². The molecule has 0 radical (unpaired) electrons. The highest BCUT2D eigenvalue weighted by atomic mass is 79.9. The minimum Gasteiger partial charge on any atom is -0.290 e. The number of aryl methyl sites for hydroxylation is 1. The number of amides is 1. The van der Waals surface area contributed by atoms with Crippen LogP contribution in [0.3, 0.4) is 0 Å². The summed E-state index contributed by atoms with van der Waals surface area (Å²) in [4.78, 5) is 20.4. The number of aromatic nitrogens is 4. The maximum Gasteiger partial charge on any atom is 0.250 e. The van der Waals surface area contributed by atoms with Crippen LogP contribution in [0.25, 0.3) is 17.5 Å². The van der Waals surface area contributed by atoms with Gasteiger partial charge in [-0.05, 0) is 19.1 Å². The number of halogens is 1. The molecule has 0 aliphatic heterocycles. The minimum absolute atomic E-state index is 0.222. The highest BCUT2D eigenvalue weighted by molar-refractivity contribution is 9.10. The van der Waals surface area contributed by atoms with E-state index in [4.69, 9.17) is 0 Å². The van der Waals surface area contributed by atoms with E-state index in [0.717, 1.165) is 20.7 Å². The van der Waals surface area contributed by atoms with E-state index in [-0.39, 0.29) is 11.9 Å². The minimum atomic E-state index is -0.312. The van der Waals surface area contributed by atoms with Crippen molar-refractivity contribution in [3.63, 3.8) is 0 Å². The Bertz CT molecular complexity index is 870. The first kappa shape index (κ1) is 15.6. The van der Waals surface area contributed by atoms with Crippen LogP contribution in [0.15, 0.2) is 40.2 Å². The molecule has 1 amide bonds. The van der Waals surface area contributed by atoms with Gasteiger partial charge < -0.3 is 0 Å². The Kier molecular flexibility index (Phi) is 4.63. The summed E-state index contributed by atoms with van der Waals surface area (Å²) in [5.74, 6) is 0.486. The van der Waals surface area contributed by atoms with Crippen LogP contribution in [0.2, 0.25) is 0 Å². The normalized spacial score (nSPS) is 11.0. The van der Waals surface area contributed by atoms with E-state index in [0.29, 0.717) is 5.82 Å². The van der Waals surface area contributed by atoms with Gasteiger partial charge in [0.1, 0.15) is 0 Å². The number of rotatable bonds is 4. The van der Waals surface area contributed by atoms with E-state index in [1.165, 1.54) is 17.4 Å². The van der Waals surface area contributed by atoms with Gasteiger partial charge >= 0.3 is 0 Å². The van der Waals surface area contributed by atoms with Crippen molar-refractivity contribution in [2.45, 2.75) is 6.92 Å². The summed E-state index contributed by atoms with van der Waals surface area (Å²) in [6.07, 6.45) is 3.06. The Labute approximate surface area is 144 Å². The Morgan fingerprint density at radius 2 is 2.17 bits per heavy atom. The molecular formula is C15H12BrN5OS. The molecule has 116 valence electrons. The van der Waals surface area contributed by atoms with Crippen molar-refractivity contribution >= 4 is 45.2 Å². The number of nitrogens with zero attached hydrogens (tertiary/aromatic N) is 3. The monoisotopic (exact) mass is 389 g/mol. The summed E-state index contributed by atoms with van der Waals surface area (Å²) in [5, 5.41) is 12.3. The molecular weight excluding hydrogens is 378 g/mol. The predicted octanol–water partition coefficient (Wildman–Crippen LogP) is 3.65. The first-order valence-electron chi connectivity index (χ1n) is 6.70. The number of carbonyl (C=O) groups excluding carboxylic acids is 1. The average molecular weight is 390 g/mol. The topological polar surface area (TPSA) is 83.6 Å². The summed E-state index contributed by atoms with van der Waals surface area (Å²) < 4.78 is 0.896. The van der Waals surface area contributed by atoms with Crippen molar-refractivity contribution in [2.24, 2.45) is 0 Å². The maximum atomic E-state index is 11.9. The van der Waals surface area contributed by atoms with Crippen LogP contribution in [-0.2, 0) is 4.79 Å². The second-order valence-corrected chi connectivity index (χ2v) is 6.52. The fourth-order valence-electron chi connectivity index (χ4n) is 1.86. The molecule has 2 aromatic heterocycles. The van der Waals surface area contributed by atoms with E-state index < -0.39 is 0 Å². The van der Waals surface area contributed by atoms with Gasteiger partial charge in [-0.25, -0.2) is 4.98 Å². The summed E-state index contributed by atoms with van der Waals surface area (Å²) in [7, 11) is 0. The SMILES string of the molecule is Cc1nc(C=CC(=O)Nc2n[nH]c(-c3ccccc3Br)n2)cs1.